The quantitative estimate of drug-likeness (QED) is 0.799. The molecular formula is C16H14Cl3NO2. The number of rotatable bonds is 4. The summed E-state index contributed by atoms with van der Waals surface area (Å²) in [5.74, 6) is 0.328. The Labute approximate surface area is 144 Å². The van der Waals surface area contributed by atoms with Crippen molar-refractivity contribution in [3.05, 3.63) is 57.0 Å². The van der Waals surface area contributed by atoms with Crippen molar-refractivity contribution >= 4 is 46.4 Å². The van der Waals surface area contributed by atoms with Crippen molar-refractivity contribution in [2.75, 3.05) is 5.32 Å². The first-order valence-electron chi connectivity index (χ1n) is 6.55. The first-order valence-corrected chi connectivity index (χ1v) is 7.69. The van der Waals surface area contributed by atoms with Crippen molar-refractivity contribution in [2.24, 2.45) is 0 Å². The van der Waals surface area contributed by atoms with Crippen LogP contribution in [0.1, 0.15) is 12.5 Å². The number of carbonyl (C=O) groups is 1. The van der Waals surface area contributed by atoms with Gasteiger partial charge >= 0.3 is 0 Å². The van der Waals surface area contributed by atoms with Crippen LogP contribution in [-0.4, -0.2) is 12.0 Å². The van der Waals surface area contributed by atoms with Gasteiger partial charge in [0.15, 0.2) is 6.10 Å². The minimum Gasteiger partial charge on any atom is -0.481 e. The number of hydrogen-bond donors (Lipinski definition) is 1. The molecule has 0 fully saturated rings. The Morgan fingerprint density at radius 2 is 1.82 bits per heavy atom. The van der Waals surface area contributed by atoms with E-state index in [0.29, 0.717) is 26.5 Å². The van der Waals surface area contributed by atoms with Crippen molar-refractivity contribution in [3.63, 3.8) is 0 Å². The van der Waals surface area contributed by atoms with E-state index < -0.39 is 6.10 Å². The summed E-state index contributed by atoms with van der Waals surface area (Å²) in [5.41, 5.74) is 1.42. The molecule has 0 bridgehead atoms. The highest BCUT2D eigenvalue weighted by molar-refractivity contribution is 6.42. The number of hydrogen-bond acceptors (Lipinski definition) is 2. The Bertz CT molecular complexity index is 704. The van der Waals surface area contributed by atoms with Gasteiger partial charge in [-0.05, 0) is 55.8 Å². The lowest BCUT2D eigenvalue weighted by molar-refractivity contribution is -0.122. The Hall–Kier alpha value is -1.42. The van der Waals surface area contributed by atoms with E-state index in [1.165, 1.54) is 0 Å². The molecule has 1 atom stereocenters. The molecule has 0 aliphatic rings. The van der Waals surface area contributed by atoms with Gasteiger partial charge in [-0.15, -0.1) is 0 Å². The van der Waals surface area contributed by atoms with E-state index in [1.54, 1.807) is 43.3 Å². The van der Waals surface area contributed by atoms with E-state index in [-0.39, 0.29) is 5.91 Å². The third kappa shape index (κ3) is 4.29. The molecule has 22 heavy (non-hydrogen) atoms. The third-order valence-electron chi connectivity index (χ3n) is 3.00. The molecule has 0 aliphatic heterocycles. The molecule has 0 radical (unpaired) electrons. The molecule has 6 heteroatoms. The molecule has 0 saturated carbocycles. The van der Waals surface area contributed by atoms with Gasteiger partial charge in [0.1, 0.15) is 5.75 Å². The molecular weight excluding hydrogens is 345 g/mol. The van der Waals surface area contributed by atoms with Crippen LogP contribution in [0.15, 0.2) is 36.4 Å². The van der Waals surface area contributed by atoms with Gasteiger partial charge in [0, 0.05) is 10.7 Å². The van der Waals surface area contributed by atoms with Crippen LogP contribution in [-0.2, 0) is 4.79 Å². The van der Waals surface area contributed by atoms with E-state index >= 15 is 0 Å². The third-order valence-corrected chi connectivity index (χ3v) is 3.97. The van der Waals surface area contributed by atoms with Gasteiger partial charge in [0.25, 0.3) is 5.91 Å². The Kier molecular flexibility index (Phi) is 5.57. The van der Waals surface area contributed by atoms with Gasteiger partial charge in [0.2, 0.25) is 0 Å². The Morgan fingerprint density at radius 3 is 2.45 bits per heavy atom. The summed E-state index contributed by atoms with van der Waals surface area (Å²) in [6, 6.07) is 10.1. The number of anilines is 1. The maximum Gasteiger partial charge on any atom is 0.265 e. The second kappa shape index (κ2) is 7.23. The number of ether oxygens (including phenoxy) is 1. The number of halogens is 3. The van der Waals surface area contributed by atoms with E-state index in [9.17, 15) is 4.79 Å². The van der Waals surface area contributed by atoms with Crippen LogP contribution in [0.2, 0.25) is 15.1 Å². The zero-order valence-corrected chi connectivity index (χ0v) is 14.3. The summed E-state index contributed by atoms with van der Waals surface area (Å²) in [7, 11) is 0. The van der Waals surface area contributed by atoms with Crippen LogP contribution in [0.5, 0.6) is 5.75 Å². The molecule has 0 heterocycles. The van der Waals surface area contributed by atoms with Gasteiger partial charge < -0.3 is 10.1 Å². The second-order valence-electron chi connectivity index (χ2n) is 4.79. The fourth-order valence-corrected chi connectivity index (χ4v) is 2.33. The molecule has 116 valence electrons. The minimum atomic E-state index is -0.672. The van der Waals surface area contributed by atoms with Crippen molar-refractivity contribution in [3.8, 4) is 5.75 Å². The Balaban J connectivity index is 2.04. The molecule has 2 aromatic rings. The fraction of sp³-hybridized carbons (Fsp3) is 0.188. The lowest BCUT2D eigenvalue weighted by Gasteiger charge is -2.16. The topological polar surface area (TPSA) is 38.3 Å². The smallest absolute Gasteiger partial charge is 0.265 e. The molecule has 1 amide bonds. The standard InChI is InChI=1S/C16H14Cl3NO2/c1-9-7-11(17)3-6-15(9)22-10(2)16(21)20-12-4-5-13(18)14(19)8-12/h3-8,10H,1-2H3,(H,20,21). The van der Waals surface area contributed by atoms with Gasteiger partial charge in [-0.25, -0.2) is 0 Å². The summed E-state index contributed by atoms with van der Waals surface area (Å²) in [6.07, 6.45) is -0.672. The number of nitrogens with one attached hydrogen (secondary N) is 1. The van der Waals surface area contributed by atoms with Gasteiger partial charge in [0.05, 0.1) is 10.0 Å². The zero-order chi connectivity index (χ0) is 16.3. The first kappa shape index (κ1) is 16.9. The van der Waals surface area contributed by atoms with Crippen molar-refractivity contribution in [2.45, 2.75) is 20.0 Å². The number of aryl methyl sites for hydroxylation is 1. The first-order chi connectivity index (χ1) is 10.4. The monoisotopic (exact) mass is 357 g/mol. The van der Waals surface area contributed by atoms with Crippen molar-refractivity contribution in [1.29, 1.82) is 0 Å². The summed E-state index contributed by atoms with van der Waals surface area (Å²) in [4.78, 5) is 12.2. The highest BCUT2D eigenvalue weighted by atomic mass is 35.5. The lowest BCUT2D eigenvalue weighted by Crippen LogP contribution is -2.30. The molecule has 0 spiro atoms. The number of benzene rings is 2. The SMILES string of the molecule is Cc1cc(Cl)ccc1OC(C)C(=O)Nc1ccc(Cl)c(Cl)c1. The van der Waals surface area contributed by atoms with Crippen molar-refractivity contribution < 1.29 is 9.53 Å². The second-order valence-corrected chi connectivity index (χ2v) is 6.04. The summed E-state index contributed by atoms with van der Waals surface area (Å²) in [5, 5.41) is 4.16. The maximum absolute atomic E-state index is 12.2. The lowest BCUT2D eigenvalue weighted by atomic mass is 10.2. The predicted molar refractivity (Wildman–Crippen MR) is 91.4 cm³/mol. The predicted octanol–water partition coefficient (Wildman–Crippen LogP) is 5.36. The van der Waals surface area contributed by atoms with Crippen molar-refractivity contribution in [1.82, 2.24) is 0 Å². The van der Waals surface area contributed by atoms with E-state index in [2.05, 4.69) is 5.32 Å². The largest absolute Gasteiger partial charge is 0.481 e. The van der Waals surface area contributed by atoms with Gasteiger partial charge in [-0.1, -0.05) is 34.8 Å². The minimum absolute atomic E-state index is 0.285. The van der Waals surface area contributed by atoms with E-state index in [0.717, 1.165) is 5.56 Å². The normalized spacial score (nSPS) is 11.9. The average molecular weight is 359 g/mol. The average Bonchev–Trinajstić information content (AvgIpc) is 2.45. The molecule has 1 N–H and O–H groups in total. The van der Waals surface area contributed by atoms with Gasteiger partial charge in [-0.3, -0.25) is 4.79 Å². The van der Waals surface area contributed by atoms with Crippen LogP contribution in [0.25, 0.3) is 0 Å². The number of amides is 1. The molecule has 0 saturated heterocycles. The maximum atomic E-state index is 12.2. The molecule has 0 aromatic heterocycles. The summed E-state index contributed by atoms with van der Waals surface area (Å²) >= 11 is 17.6. The van der Waals surface area contributed by atoms with E-state index in [1.807, 2.05) is 6.92 Å². The van der Waals surface area contributed by atoms with Crippen LogP contribution < -0.4 is 10.1 Å². The van der Waals surface area contributed by atoms with Crippen LogP contribution in [0.3, 0.4) is 0 Å². The summed E-state index contributed by atoms with van der Waals surface area (Å²) in [6.45, 7) is 3.53. The highest BCUT2D eigenvalue weighted by Gasteiger charge is 2.16. The highest BCUT2D eigenvalue weighted by Crippen LogP contribution is 2.26. The molecule has 1 unspecified atom stereocenters. The molecule has 2 rings (SSSR count). The van der Waals surface area contributed by atoms with Crippen LogP contribution in [0.4, 0.5) is 5.69 Å². The fourth-order valence-electron chi connectivity index (χ4n) is 1.81. The molecule has 3 nitrogen and oxygen atoms in total. The zero-order valence-electron chi connectivity index (χ0n) is 12.0. The van der Waals surface area contributed by atoms with Crippen LogP contribution >= 0.6 is 34.8 Å². The Morgan fingerprint density at radius 1 is 1.09 bits per heavy atom. The van der Waals surface area contributed by atoms with Gasteiger partial charge in [-0.2, -0.15) is 0 Å². The number of carbonyl (C=O) groups excluding carboxylic acids is 1. The van der Waals surface area contributed by atoms with Crippen LogP contribution in [0, 0.1) is 6.92 Å². The molecule has 2 aromatic carbocycles. The molecule has 0 aliphatic carbocycles. The van der Waals surface area contributed by atoms with E-state index in [4.69, 9.17) is 39.5 Å². The summed E-state index contributed by atoms with van der Waals surface area (Å²) < 4.78 is 5.66.